The predicted molar refractivity (Wildman–Crippen MR) is 36.9 cm³/mol. The van der Waals surface area contributed by atoms with Gasteiger partial charge in [0.05, 0.1) is 13.0 Å². The first kappa shape index (κ1) is 11.9. The van der Waals surface area contributed by atoms with Gasteiger partial charge in [0, 0.05) is 0 Å². The van der Waals surface area contributed by atoms with Crippen molar-refractivity contribution in [3.05, 3.63) is 0 Å². The van der Waals surface area contributed by atoms with E-state index in [1.54, 1.807) is 0 Å². The maximum atomic E-state index is 11.9. The van der Waals surface area contributed by atoms with Gasteiger partial charge >= 0.3 is 12.1 Å². The summed E-state index contributed by atoms with van der Waals surface area (Å²) >= 11 is 0. The van der Waals surface area contributed by atoms with Crippen molar-refractivity contribution in [2.24, 2.45) is 5.92 Å². The normalized spacial score (nSPS) is 13.5. The Hall–Kier alpha value is -1.07. The summed E-state index contributed by atoms with van der Waals surface area (Å²) in [5.74, 6) is -3.27. The van der Waals surface area contributed by atoms with Crippen LogP contribution in [0.15, 0.2) is 0 Å². The minimum atomic E-state index is -4.67. The van der Waals surface area contributed by atoms with Crippen LogP contribution in [0.3, 0.4) is 0 Å². The molecule has 0 saturated heterocycles. The van der Waals surface area contributed by atoms with Crippen molar-refractivity contribution in [2.45, 2.75) is 19.5 Å². The van der Waals surface area contributed by atoms with E-state index in [9.17, 15) is 22.8 Å². The quantitative estimate of drug-likeness (QED) is 0.505. The van der Waals surface area contributed by atoms with Crippen LogP contribution in [0.25, 0.3) is 0 Å². The predicted octanol–water partition coefficient (Wildman–Crippen LogP) is 1.32. The number of carbonyl (C=O) groups excluding carboxylic acids is 2. The van der Waals surface area contributed by atoms with Gasteiger partial charge in [-0.25, -0.2) is 0 Å². The molecule has 0 aromatic heterocycles. The average Bonchev–Trinajstić information content (AvgIpc) is 1.98. The molecule has 0 aromatic rings. The number of ether oxygens (including phenoxy) is 1. The van der Waals surface area contributed by atoms with E-state index in [4.69, 9.17) is 0 Å². The second kappa shape index (κ2) is 4.84. The molecule has 0 N–H and O–H groups in total. The fourth-order valence-corrected chi connectivity index (χ4v) is 0.640. The van der Waals surface area contributed by atoms with Gasteiger partial charge in [0.15, 0.2) is 0 Å². The maximum Gasteiger partial charge on any atom is 0.398 e. The molecule has 0 fully saturated rings. The summed E-state index contributed by atoms with van der Waals surface area (Å²) in [7, 11) is 0. The highest BCUT2D eigenvalue weighted by Crippen LogP contribution is 2.27. The topological polar surface area (TPSA) is 43.4 Å². The van der Waals surface area contributed by atoms with E-state index in [0.29, 0.717) is 0 Å². The van der Waals surface area contributed by atoms with Crippen LogP contribution in [-0.4, -0.2) is 25.0 Å². The van der Waals surface area contributed by atoms with Crippen molar-refractivity contribution in [2.75, 3.05) is 6.61 Å². The van der Waals surface area contributed by atoms with Crippen LogP contribution >= 0.6 is 0 Å². The zero-order valence-corrected chi connectivity index (χ0v) is 6.93. The van der Waals surface area contributed by atoms with E-state index in [1.807, 2.05) is 0 Å². The van der Waals surface area contributed by atoms with Gasteiger partial charge in [-0.1, -0.05) is 0 Å². The molecular weight excluding hydrogens is 189 g/mol. The van der Waals surface area contributed by atoms with E-state index in [1.165, 1.54) is 6.92 Å². The van der Waals surface area contributed by atoms with Gasteiger partial charge in [0.2, 0.25) is 0 Å². The zero-order valence-electron chi connectivity index (χ0n) is 6.93. The third-order valence-corrected chi connectivity index (χ3v) is 1.28. The molecule has 0 bridgehead atoms. The minimum absolute atomic E-state index is 0.00225. The molecule has 0 aliphatic heterocycles. The van der Waals surface area contributed by atoms with Crippen molar-refractivity contribution in [1.82, 2.24) is 0 Å². The second-order valence-corrected chi connectivity index (χ2v) is 2.29. The maximum absolute atomic E-state index is 11.9. The third-order valence-electron chi connectivity index (χ3n) is 1.28. The SMILES string of the molecule is CCOC(=O)C[C@H](C=O)C(F)(F)F. The number of carbonyl (C=O) groups is 2. The van der Waals surface area contributed by atoms with Gasteiger partial charge in [-0.2, -0.15) is 13.2 Å². The molecule has 0 spiro atoms. The molecular formula is C7H9F3O3. The molecule has 6 heteroatoms. The standard InChI is InChI=1S/C7H9F3O3/c1-2-13-6(12)3-5(4-11)7(8,9)10/h4-5H,2-3H2,1H3/t5-/m1/s1. The number of hydrogen-bond acceptors (Lipinski definition) is 3. The summed E-state index contributed by atoms with van der Waals surface area (Å²) in [6, 6.07) is 0. The van der Waals surface area contributed by atoms with E-state index in [0.717, 1.165) is 0 Å². The Morgan fingerprint density at radius 2 is 2.08 bits per heavy atom. The summed E-state index contributed by atoms with van der Waals surface area (Å²) in [4.78, 5) is 20.5. The Kier molecular flexibility index (Phi) is 4.44. The van der Waals surface area contributed by atoms with Crippen molar-refractivity contribution in [3.8, 4) is 0 Å². The Labute approximate surface area is 72.9 Å². The van der Waals surface area contributed by atoms with E-state index in [2.05, 4.69) is 4.74 Å². The largest absolute Gasteiger partial charge is 0.466 e. The van der Waals surface area contributed by atoms with Crippen LogP contribution in [0, 0.1) is 5.92 Å². The van der Waals surface area contributed by atoms with Crippen LogP contribution < -0.4 is 0 Å². The molecule has 0 aliphatic rings. The van der Waals surface area contributed by atoms with Gasteiger partial charge in [-0.05, 0) is 6.92 Å². The highest BCUT2D eigenvalue weighted by atomic mass is 19.4. The molecule has 13 heavy (non-hydrogen) atoms. The third kappa shape index (κ3) is 4.49. The van der Waals surface area contributed by atoms with Crippen molar-refractivity contribution >= 4 is 12.3 Å². The van der Waals surface area contributed by atoms with E-state index < -0.39 is 24.5 Å². The Morgan fingerprint density at radius 1 is 1.54 bits per heavy atom. The van der Waals surface area contributed by atoms with Gasteiger partial charge in [0.1, 0.15) is 12.2 Å². The fraction of sp³-hybridized carbons (Fsp3) is 0.714. The Bertz CT molecular complexity index is 188. The number of halogens is 3. The number of alkyl halides is 3. The average molecular weight is 198 g/mol. The summed E-state index contributed by atoms with van der Waals surface area (Å²) in [6.45, 7) is 1.48. The molecule has 3 nitrogen and oxygen atoms in total. The molecule has 0 aromatic carbocycles. The van der Waals surface area contributed by atoms with Crippen LogP contribution in [0.1, 0.15) is 13.3 Å². The Morgan fingerprint density at radius 3 is 2.38 bits per heavy atom. The highest BCUT2D eigenvalue weighted by Gasteiger charge is 2.41. The fourth-order valence-electron chi connectivity index (χ4n) is 0.640. The number of aldehydes is 1. The van der Waals surface area contributed by atoms with Crippen LogP contribution in [0.4, 0.5) is 13.2 Å². The first-order valence-electron chi connectivity index (χ1n) is 3.59. The lowest BCUT2D eigenvalue weighted by Crippen LogP contribution is -2.27. The number of rotatable bonds is 4. The van der Waals surface area contributed by atoms with Crippen molar-refractivity contribution in [3.63, 3.8) is 0 Å². The van der Waals surface area contributed by atoms with E-state index >= 15 is 0 Å². The van der Waals surface area contributed by atoms with Gasteiger partial charge < -0.3 is 9.53 Å². The van der Waals surface area contributed by atoms with Gasteiger partial charge in [0.25, 0.3) is 0 Å². The summed E-state index contributed by atoms with van der Waals surface area (Å²) in [6.07, 6.45) is -5.91. The summed E-state index contributed by atoms with van der Waals surface area (Å²) < 4.78 is 39.9. The lowest BCUT2D eigenvalue weighted by Gasteiger charge is -2.12. The summed E-state index contributed by atoms with van der Waals surface area (Å²) in [5.41, 5.74) is 0. The van der Waals surface area contributed by atoms with Gasteiger partial charge in [-0.15, -0.1) is 0 Å². The number of hydrogen-bond donors (Lipinski definition) is 0. The lowest BCUT2D eigenvalue weighted by atomic mass is 10.1. The van der Waals surface area contributed by atoms with Crippen molar-refractivity contribution < 1.29 is 27.5 Å². The Balaban J connectivity index is 4.14. The highest BCUT2D eigenvalue weighted by molar-refractivity contribution is 5.74. The molecule has 0 saturated carbocycles. The van der Waals surface area contributed by atoms with Crippen LogP contribution in [-0.2, 0) is 14.3 Å². The molecule has 0 heterocycles. The smallest absolute Gasteiger partial charge is 0.398 e. The molecule has 0 aliphatic carbocycles. The van der Waals surface area contributed by atoms with Crippen molar-refractivity contribution in [1.29, 1.82) is 0 Å². The minimum Gasteiger partial charge on any atom is -0.466 e. The molecule has 0 radical (unpaired) electrons. The number of esters is 1. The molecule has 0 amide bonds. The molecule has 0 unspecified atom stereocenters. The first-order chi connectivity index (χ1) is 5.91. The van der Waals surface area contributed by atoms with Crippen LogP contribution in [0.5, 0.6) is 0 Å². The molecule has 1 atom stereocenters. The van der Waals surface area contributed by atoms with E-state index in [-0.39, 0.29) is 12.9 Å². The summed E-state index contributed by atoms with van der Waals surface area (Å²) in [5, 5.41) is 0. The lowest BCUT2D eigenvalue weighted by molar-refractivity contribution is -0.182. The monoisotopic (exact) mass is 198 g/mol. The second-order valence-electron chi connectivity index (χ2n) is 2.29. The van der Waals surface area contributed by atoms with Gasteiger partial charge in [-0.3, -0.25) is 4.79 Å². The molecule has 0 rings (SSSR count). The first-order valence-corrected chi connectivity index (χ1v) is 3.59. The van der Waals surface area contributed by atoms with Crippen LogP contribution in [0.2, 0.25) is 0 Å². The molecule has 76 valence electrons. The zero-order chi connectivity index (χ0) is 10.5.